The van der Waals surface area contributed by atoms with E-state index in [9.17, 15) is 4.79 Å². The smallest absolute Gasteiger partial charge is 0.220 e. The summed E-state index contributed by atoms with van der Waals surface area (Å²) in [6.45, 7) is 3.07. The SMILES string of the molecule is CC(CCC1CCCO1)NC(=O)CC12CC3CC(CC(Br)(C3)C1)C2. The van der Waals surface area contributed by atoms with E-state index in [1.807, 2.05) is 0 Å². The van der Waals surface area contributed by atoms with Crippen molar-refractivity contribution in [3.8, 4) is 0 Å². The molecule has 0 radical (unpaired) electrons. The molecule has 4 unspecified atom stereocenters. The lowest BCUT2D eigenvalue weighted by Gasteiger charge is -2.60. The van der Waals surface area contributed by atoms with Gasteiger partial charge >= 0.3 is 0 Å². The predicted octanol–water partition coefficient (Wildman–Crippen LogP) is 4.57. The van der Waals surface area contributed by atoms with Gasteiger partial charge in [-0.05, 0) is 88.4 Å². The van der Waals surface area contributed by atoms with Crippen molar-refractivity contribution in [2.24, 2.45) is 17.3 Å². The van der Waals surface area contributed by atoms with Crippen LogP contribution < -0.4 is 5.32 Å². The first kappa shape index (κ1) is 17.3. The van der Waals surface area contributed by atoms with Crippen molar-refractivity contribution in [2.75, 3.05) is 6.61 Å². The molecule has 4 heteroatoms. The summed E-state index contributed by atoms with van der Waals surface area (Å²) < 4.78 is 6.04. The van der Waals surface area contributed by atoms with E-state index < -0.39 is 0 Å². The zero-order valence-corrected chi connectivity index (χ0v) is 16.6. The van der Waals surface area contributed by atoms with E-state index in [1.165, 1.54) is 51.4 Å². The quantitative estimate of drug-likeness (QED) is 0.666. The number of rotatable bonds is 6. The summed E-state index contributed by atoms with van der Waals surface area (Å²) in [5, 5.41) is 3.28. The van der Waals surface area contributed by atoms with E-state index in [1.54, 1.807) is 0 Å². The first-order valence-electron chi connectivity index (χ1n) is 10.0. The largest absolute Gasteiger partial charge is 0.378 e. The van der Waals surface area contributed by atoms with E-state index in [2.05, 4.69) is 28.2 Å². The molecule has 136 valence electrons. The van der Waals surface area contributed by atoms with Crippen LogP contribution >= 0.6 is 15.9 Å². The fourth-order valence-electron chi connectivity index (χ4n) is 6.59. The third-order valence-electron chi connectivity index (χ3n) is 7.00. The molecule has 0 spiro atoms. The Kier molecular flexibility index (Phi) is 4.75. The van der Waals surface area contributed by atoms with Crippen LogP contribution in [0.2, 0.25) is 0 Å². The Balaban J connectivity index is 1.28. The fraction of sp³-hybridized carbons (Fsp3) is 0.950. The van der Waals surface area contributed by atoms with Crippen LogP contribution in [0.5, 0.6) is 0 Å². The Morgan fingerprint density at radius 1 is 1.29 bits per heavy atom. The van der Waals surface area contributed by atoms with Crippen molar-refractivity contribution in [3.05, 3.63) is 0 Å². The molecule has 3 nitrogen and oxygen atoms in total. The Labute approximate surface area is 154 Å². The van der Waals surface area contributed by atoms with Crippen molar-refractivity contribution in [3.63, 3.8) is 0 Å². The number of amides is 1. The number of carbonyl (C=O) groups excluding carboxylic acids is 1. The maximum absolute atomic E-state index is 12.7. The second-order valence-corrected chi connectivity index (χ2v) is 11.2. The normalized spacial score (nSPS) is 44.7. The third kappa shape index (κ3) is 3.70. The number of hydrogen-bond donors (Lipinski definition) is 1. The summed E-state index contributed by atoms with van der Waals surface area (Å²) >= 11 is 4.05. The average Bonchev–Trinajstić information content (AvgIpc) is 2.94. The lowest BCUT2D eigenvalue weighted by atomic mass is 9.48. The number of alkyl halides is 1. The van der Waals surface area contributed by atoms with Crippen LogP contribution in [0, 0.1) is 17.3 Å². The summed E-state index contributed by atoms with van der Waals surface area (Å²) in [6.07, 6.45) is 13.6. The van der Waals surface area contributed by atoms with Gasteiger partial charge in [0, 0.05) is 23.4 Å². The van der Waals surface area contributed by atoms with Crippen molar-refractivity contribution in [1.29, 1.82) is 0 Å². The van der Waals surface area contributed by atoms with Gasteiger partial charge in [0.2, 0.25) is 5.91 Å². The molecular weight excluding hydrogens is 366 g/mol. The molecule has 0 aromatic heterocycles. The van der Waals surface area contributed by atoms with Gasteiger partial charge in [-0.15, -0.1) is 0 Å². The minimum atomic E-state index is 0.272. The second kappa shape index (κ2) is 6.57. The van der Waals surface area contributed by atoms with Gasteiger partial charge in [-0.1, -0.05) is 15.9 Å². The van der Waals surface area contributed by atoms with Crippen LogP contribution in [0.25, 0.3) is 0 Å². The van der Waals surface area contributed by atoms with E-state index in [-0.39, 0.29) is 17.4 Å². The highest BCUT2D eigenvalue weighted by Gasteiger charge is 2.57. The molecule has 5 aliphatic rings. The van der Waals surface area contributed by atoms with Gasteiger partial charge < -0.3 is 10.1 Å². The Morgan fingerprint density at radius 2 is 2.04 bits per heavy atom. The standard InChI is InChI=1S/C20H32BrNO2/c1-14(4-5-17-3-2-6-24-17)22-18(23)12-19-8-15-7-16(9-19)11-20(21,10-15)13-19/h14-17H,2-13H2,1H3,(H,22,23). The molecule has 1 aliphatic heterocycles. The lowest BCUT2D eigenvalue weighted by Crippen LogP contribution is -2.54. The molecule has 1 amide bonds. The van der Waals surface area contributed by atoms with E-state index in [0.717, 1.165) is 37.7 Å². The highest BCUT2D eigenvalue weighted by atomic mass is 79.9. The molecule has 0 aromatic carbocycles. The number of nitrogens with one attached hydrogen (secondary N) is 1. The minimum Gasteiger partial charge on any atom is -0.378 e. The molecule has 1 heterocycles. The van der Waals surface area contributed by atoms with Crippen LogP contribution in [0.15, 0.2) is 0 Å². The molecule has 1 N–H and O–H groups in total. The van der Waals surface area contributed by atoms with Gasteiger partial charge in [-0.2, -0.15) is 0 Å². The summed E-state index contributed by atoms with van der Waals surface area (Å²) in [5.74, 6) is 2.00. The summed E-state index contributed by atoms with van der Waals surface area (Å²) in [4.78, 5) is 12.7. The number of hydrogen-bond acceptors (Lipinski definition) is 2. The number of carbonyl (C=O) groups is 1. The monoisotopic (exact) mass is 397 g/mol. The first-order valence-corrected chi connectivity index (χ1v) is 10.8. The Bertz CT molecular complexity index is 474. The van der Waals surface area contributed by atoms with Crippen molar-refractivity contribution in [2.45, 2.75) is 94.0 Å². The Morgan fingerprint density at radius 3 is 2.67 bits per heavy atom. The molecule has 4 saturated carbocycles. The molecule has 4 bridgehead atoms. The minimum absolute atomic E-state index is 0.272. The highest BCUT2D eigenvalue weighted by Crippen LogP contribution is 2.65. The van der Waals surface area contributed by atoms with Gasteiger partial charge in [0.05, 0.1) is 6.10 Å². The maximum Gasteiger partial charge on any atom is 0.220 e. The van der Waals surface area contributed by atoms with Crippen molar-refractivity contribution >= 4 is 21.8 Å². The van der Waals surface area contributed by atoms with Crippen LogP contribution in [0.1, 0.15) is 77.6 Å². The van der Waals surface area contributed by atoms with Crippen LogP contribution in [0.4, 0.5) is 0 Å². The zero-order chi connectivity index (χ0) is 16.8. The zero-order valence-electron chi connectivity index (χ0n) is 15.0. The van der Waals surface area contributed by atoms with E-state index in [0.29, 0.717) is 10.4 Å². The fourth-order valence-corrected chi connectivity index (χ4v) is 8.10. The molecule has 1 saturated heterocycles. The van der Waals surface area contributed by atoms with Crippen LogP contribution in [0.3, 0.4) is 0 Å². The second-order valence-electron chi connectivity index (χ2n) is 9.47. The van der Waals surface area contributed by atoms with Gasteiger partial charge in [0.15, 0.2) is 0 Å². The molecule has 4 aliphatic carbocycles. The maximum atomic E-state index is 12.7. The van der Waals surface area contributed by atoms with Gasteiger partial charge in [-0.3, -0.25) is 4.79 Å². The summed E-state index contributed by atoms with van der Waals surface area (Å²) in [5.41, 5.74) is 0.284. The van der Waals surface area contributed by atoms with Gasteiger partial charge in [0.1, 0.15) is 0 Å². The number of ether oxygens (including phenoxy) is 1. The van der Waals surface area contributed by atoms with Gasteiger partial charge in [0.25, 0.3) is 0 Å². The van der Waals surface area contributed by atoms with Crippen LogP contribution in [-0.2, 0) is 9.53 Å². The summed E-state index contributed by atoms with van der Waals surface area (Å²) in [7, 11) is 0. The van der Waals surface area contributed by atoms with Crippen LogP contribution in [-0.4, -0.2) is 29.0 Å². The van der Waals surface area contributed by atoms with E-state index in [4.69, 9.17) is 4.74 Å². The molecular formula is C20H32BrNO2. The van der Waals surface area contributed by atoms with Gasteiger partial charge in [-0.25, -0.2) is 0 Å². The molecule has 0 aromatic rings. The Hall–Kier alpha value is -0.0900. The average molecular weight is 398 g/mol. The topological polar surface area (TPSA) is 38.3 Å². The predicted molar refractivity (Wildman–Crippen MR) is 99.2 cm³/mol. The first-order chi connectivity index (χ1) is 11.4. The number of halogens is 1. The van der Waals surface area contributed by atoms with Crippen molar-refractivity contribution in [1.82, 2.24) is 5.32 Å². The third-order valence-corrected chi connectivity index (χ3v) is 7.93. The lowest BCUT2D eigenvalue weighted by molar-refractivity contribution is -0.128. The molecule has 4 atom stereocenters. The van der Waals surface area contributed by atoms with Crippen molar-refractivity contribution < 1.29 is 9.53 Å². The molecule has 24 heavy (non-hydrogen) atoms. The van der Waals surface area contributed by atoms with E-state index >= 15 is 0 Å². The molecule has 5 rings (SSSR count). The molecule has 5 fully saturated rings. The summed E-state index contributed by atoms with van der Waals surface area (Å²) in [6, 6.07) is 0.272. The highest BCUT2D eigenvalue weighted by molar-refractivity contribution is 9.10.